The summed E-state index contributed by atoms with van der Waals surface area (Å²) in [5, 5.41) is 4.60. The molecule has 4 heteroatoms. The first-order valence-electron chi connectivity index (χ1n) is 6.12. The lowest BCUT2D eigenvalue weighted by Crippen LogP contribution is -1.94. The fourth-order valence-electron chi connectivity index (χ4n) is 1.97. The minimum atomic E-state index is 0.711. The van der Waals surface area contributed by atoms with Crippen molar-refractivity contribution in [1.29, 1.82) is 0 Å². The second-order valence-corrected chi connectivity index (χ2v) is 5.91. The number of thiophene rings is 1. The minimum absolute atomic E-state index is 0.711. The molecule has 19 heavy (non-hydrogen) atoms. The standard InChI is InChI=1S/C15H15N3S/c1-10-3-6-12(7-4-10)18-9-13(16)15(17-18)14-8-5-11(2)19-14/h3-9H,16H2,1-2H3. The van der Waals surface area contributed by atoms with Gasteiger partial charge < -0.3 is 5.73 Å². The molecule has 2 aromatic heterocycles. The van der Waals surface area contributed by atoms with E-state index in [0.29, 0.717) is 5.69 Å². The zero-order valence-electron chi connectivity index (χ0n) is 10.9. The van der Waals surface area contributed by atoms with Crippen LogP contribution in [0.25, 0.3) is 16.3 Å². The third-order valence-corrected chi connectivity index (χ3v) is 4.02. The van der Waals surface area contributed by atoms with Crippen LogP contribution >= 0.6 is 11.3 Å². The summed E-state index contributed by atoms with van der Waals surface area (Å²) in [7, 11) is 0. The Kier molecular flexibility index (Phi) is 2.87. The Morgan fingerprint density at radius 3 is 2.42 bits per heavy atom. The van der Waals surface area contributed by atoms with Crippen molar-refractivity contribution >= 4 is 17.0 Å². The highest BCUT2D eigenvalue weighted by Crippen LogP contribution is 2.31. The first kappa shape index (κ1) is 12.0. The second-order valence-electron chi connectivity index (χ2n) is 4.62. The van der Waals surface area contributed by atoms with E-state index in [0.717, 1.165) is 16.3 Å². The van der Waals surface area contributed by atoms with E-state index in [1.165, 1.54) is 10.4 Å². The van der Waals surface area contributed by atoms with Gasteiger partial charge in [0.25, 0.3) is 0 Å². The third kappa shape index (κ3) is 2.27. The van der Waals surface area contributed by atoms with Gasteiger partial charge in [0.2, 0.25) is 0 Å². The number of aryl methyl sites for hydroxylation is 2. The molecule has 0 radical (unpaired) electrons. The lowest BCUT2D eigenvalue weighted by molar-refractivity contribution is 0.885. The summed E-state index contributed by atoms with van der Waals surface area (Å²) < 4.78 is 1.83. The molecule has 2 heterocycles. The topological polar surface area (TPSA) is 43.8 Å². The summed E-state index contributed by atoms with van der Waals surface area (Å²) >= 11 is 1.71. The van der Waals surface area contributed by atoms with Crippen LogP contribution in [0.4, 0.5) is 5.69 Å². The predicted octanol–water partition coefficient (Wildman–Crippen LogP) is 3.80. The van der Waals surface area contributed by atoms with Gasteiger partial charge in [-0.05, 0) is 38.1 Å². The Labute approximate surface area is 116 Å². The molecule has 0 saturated carbocycles. The van der Waals surface area contributed by atoms with Crippen LogP contribution < -0.4 is 5.73 Å². The highest BCUT2D eigenvalue weighted by Gasteiger charge is 2.11. The van der Waals surface area contributed by atoms with E-state index < -0.39 is 0 Å². The molecule has 0 amide bonds. The summed E-state index contributed by atoms with van der Waals surface area (Å²) in [6.07, 6.45) is 1.87. The van der Waals surface area contributed by atoms with Gasteiger partial charge in [-0.3, -0.25) is 0 Å². The number of hydrogen-bond donors (Lipinski definition) is 1. The number of nitrogens with two attached hydrogens (primary N) is 1. The van der Waals surface area contributed by atoms with Crippen LogP contribution in [0, 0.1) is 13.8 Å². The Morgan fingerprint density at radius 1 is 1.05 bits per heavy atom. The van der Waals surface area contributed by atoms with E-state index in [9.17, 15) is 0 Å². The van der Waals surface area contributed by atoms with E-state index in [-0.39, 0.29) is 0 Å². The molecule has 1 aromatic carbocycles. The average molecular weight is 269 g/mol. The Hall–Kier alpha value is -2.07. The zero-order valence-corrected chi connectivity index (χ0v) is 11.7. The number of nitrogens with zero attached hydrogens (tertiary/aromatic N) is 2. The highest BCUT2D eigenvalue weighted by atomic mass is 32.1. The van der Waals surface area contributed by atoms with Crippen LogP contribution in [0.15, 0.2) is 42.6 Å². The number of rotatable bonds is 2. The van der Waals surface area contributed by atoms with Crippen LogP contribution in [0.2, 0.25) is 0 Å². The SMILES string of the molecule is Cc1ccc(-n2cc(N)c(-c3ccc(C)s3)n2)cc1. The molecule has 0 bridgehead atoms. The fraction of sp³-hybridized carbons (Fsp3) is 0.133. The van der Waals surface area contributed by atoms with Gasteiger partial charge in [0.05, 0.1) is 22.4 Å². The molecule has 0 aliphatic carbocycles. The number of hydrogen-bond acceptors (Lipinski definition) is 3. The molecule has 3 rings (SSSR count). The summed E-state index contributed by atoms with van der Waals surface area (Å²) in [6.45, 7) is 4.16. The zero-order chi connectivity index (χ0) is 13.4. The van der Waals surface area contributed by atoms with Crippen molar-refractivity contribution in [2.24, 2.45) is 0 Å². The Bertz CT molecular complexity index is 707. The highest BCUT2D eigenvalue weighted by molar-refractivity contribution is 7.15. The van der Waals surface area contributed by atoms with Crippen molar-refractivity contribution in [3.63, 3.8) is 0 Å². The monoisotopic (exact) mass is 269 g/mol. The molecule has 0 aliphatic heterocycles. The van der Waals surface area contributed by atoms with Crippen molar-refractivity contribution in [3.05, 3.63) is 53.0 Å². The Balaban J connectivity index is 2.04. The summed E-state index contributed by atoms with van der Waals surface area (Å²) in [4.78, 5) is 2.38. The van der Waals surface area contributed by atoms with Crippen LogP contribution in [-0.2, 0) is 0 Å². The molecule has 0 fully saturated rings. The molecule has 0 atom stereocenters. The van der Waals surface area contributed by atoms with E-state index in [4.69, 9.17) is 5.73 Å². The normalized spacial score (nSPS) is 10.8. The van der Waals surface area contributed by atoms with Gasteiger partial charge >= 0.3 is 0 Å². The number of benzene rings is 1. The Morgan fingerprint density at radius 2 is 1.79 bits per heavy atom. The molecule has 0 spiro atoms. The average Bonchev–Trinajstić information content (AvgIpc) is 2.96. The van der Waals surface area contributed by atoms with Gasteiger partial charge in [-0.2, -0.15) is 5.10 Å². The minimum Gasteiger partial charge on any atom is -0.396 e. The number of anilines is 1. The smallest absolute Gasteiger partial charge is 0.126 e. The first-order chi connectivity index (χ1) is 9.13. The molecule has 2 N–H and O–H groups in total. The van der Waals surface area contributed by atoms with E-state index in [1.54, 1.807) is 11.3 Å². The molecular formula is C15H15N3S. The van der Waals surface area contributed by atoms with Gasteiger partial charge in [0.1, 0.15) is 5.69 Å². The first-order valence-corrected chi connectivity index (χ1v) is 6.94. The maximum atomic E-state index is 6.07. The van der Waals surface area contributed by atoms with Crippen molar-refractivity contribution in [3.8, 4) is 16.3 Å². The quantitative estimate of drug-likeness (QED) is 0.769. The molecule has 0 unspecified atom stereocenters. The van der Waals surface area contributed by atoms with Gasteiger partial charge in [0, 0.05) is 4.88 Å². The van der Waals surface area contributed by atoms with Gasteiger partial charge in [-0.1, -0.05) is 17.7 Å². The fourth-order valence-corrected chi connectivity index (χ4v) is 2.84. The lowest BCUT2D eigenvalue weighted by Gasteiger charge is -2.00. The molecule has 3 nitrogen and oxygen atoms in total. The maximum Gasteiger partial charge on any atom is 0.126 e. The summed E-state index contributed by atoms with van der Waals surface area (Å²) in [5.41, 5.74) is 9.90. The molecular weight excluding hydrogens is 254 g/mol. The van der Waals surface area contributed by atoms with Gasteiger partial charge in [0.15, 0.2) is 0 Å². The number of aromatic nitrogens is 2. The van der Waals surface area contributed by atoms with E-state index >= 15 is 0 Å². The van der Waals surface area contributed by atoms with Crippen LogP contribution in [0.5, 0.6) is 0 Å². The van der Waals surface area contributed by atoms with E-state index in [2.05, 4.69) is 43.2 Å². The van der Waals surface area contributed by atoms with Crippen molar-refractivity contribution in [1.82, 2.24) is 9.78 Å². The van der Waals surface area contributed by atoms with Crippen LogP contribution in [0.3, 0.4) is 0 Å². The van der Waals surface area contributed by atoms with Crippen molar-refractivity contribution < 1.29 is 0 Å². The molecule has 0 aliphatic rings. The second kappa shape index (κ2) is 4.55. The van der Waals surface area contributed by atoms with Crippen LogP contribution in [0.1, 0.15) is 10.4 Å². The van der Waals surface area contributed by atoms with E-state index in [1.807, 2.05) is 23.0 Å². The maximum absolute atomic E-state index is 6.07. The largest absolute Gasteiger partial charge is 0.396 e. The molecule has 3 aromatic rings. The number of nitrogen functional groups attached to an aromatic ring is 1. The summed E-state index contributed by atoms with van der Waals surface area (Å²) in [5.74, 6) is 0. The molecule has 0 saturated heterocycles. The van der Waals surface area contributed by atoms with Crippen LogP contribution in [-0.4, -0.2) is 9.78 Å². The third-order valence-electron chi connectivity index (χ3n) is 3.01. The van der Waals surface area contributed by atoms with Crippen molar-refractivity contribution in [2.75, 3.05) is 5.73 Å². The lowest BCUT2D eigenvalue weighted by atomic mass is 10.2. The summed E-state index contributed by atoms with van der Waals surface area (Å²) in [6, 6.07) is 12.4. The molecule has 96 valence electrons. The predicted molar refractivity (Wildman–Crippen MR) is 80.8 cm³/mol. The van der Waals surface area contributed by atoms with Crippen molar-refractivity contribution in [2.45, 2.75) is 13.8 Å². The van der Waals surface area contributed by atoms with Gasteiger partial charge in [-0.15, -0.1) is 11.3 Å². The van der Waals surface area contributed by atoms with Gasteiger partial charge in [-0.25, -0.2) is 4.68 Å².